The Morgan fingerprint density at radius 1 is 0.867 bits per heavy atom. The van der Waals surface area contributed by atoms with Gasteiger partial charge in [-0.3, -0.25) is 4.98 Å². The number of aromatic nitrogens is 7. The van der Waals surface area contributed by atoms with Crippen molar-refractivity contribution >= 4 is 17.4 Å². The van der Waals surface area contributed by atoms with Crippen molar-refractivity contribution in [3.8, 4) is 11.4 Å². The molecule has 5 heterocycles. The quantitative estimate of drug-likeness (QED) is 0.517. The first-order valence-corrected chi connectivity index (χ1v) is 10.1. The number of nitrogens with zero attached hydrogens (tertiary/aromatic N) is 9. The highest BCUT2D eigenvalue weighted by molar-refractivity contribution is 5.58. The van der Waals surface area contributed by atoms with Gasteiger partial charge in [-0.2, -0.15) is 4.52 Å². The van der Waals surface area contributed by atoms with Gasteiger partial charge in [-0.05, 0) is 50.6 Å². The van der Waals surface area contributed by atoms with E-state index in [2.05, 4.69) is 34.9 Å². The molecule has 4 aromatic rings. The Labute approximate surface area is 174 Å². The van der Waals surface area contributed by atoms with Gasteiger partial charge in [0.15, 0.2) is 11.5 Å². The Kier molecular flexibility index (Phi) is 4.70. The van der Waals surface area contributed by atoms with E-state index in [0.29, 0.717) is 5.82 Å². The van der Waals surface area contributed by atoms with Crippen molar-refractivity contribution in [2.75, 3.05) is 36.0 Å². The molecule has 0 aliphatic carbocycles. The van der Waals surface area contributed by atoms with Crippen molar-refractivity contribution in [3.63, 3.8) is 0 Å². The van der Waals surface area contributed by atoms with Crippen molar-refractivity contribution in [3.05, 3.63) is 54.1 Å². The third kappa shape index (κ3) is 3.54. The summed E-state index contributed by atoms with van der Waals surface area (Å²) in [5.74, 6) is 2.42. The molecule has 4 aromatic heterocycles. The van der Waals surface area contributed by atoms with Crippen LogP contribution in [0.1, 0.15) is 17.8 Å². The molecule has 0 spiro atoms. The molecule has 1 fully saturated rings. The fourth-order valence-corrected chi connectivity index (χ4v) is 3.82. The lowest BCUT2D eigenvalue weighted by Gasteiger charge is -2.23. The summed E-state index contributed by atoms with van der Waals surface area (Å²) in [5.41, 5.74) is 3.61. The molecular formula is C21H23N9. The number of pyridine rings is 1. The average molecular weight is 401 g/mol. The van der Waals surface area contributed by atoms with E-state index in [-0.39, 0.29) is 0 Å². The minimum Gasteiger partial charge on any atom is -0.353 e. The first-order valence-electron chi connectivity index (χ1n) is 10.1. The van der Waals surface area contributed by atoms with Gasteiger partial charge in [-0.15, -0.1) is 15.3 Å². The van der Waals surface area contributed by atoms with Gasteiger partial charge >= 0.3 is 0 Å². The van der Waals surface area contributed by atoms with E-state index in [0.717, 1.165) is 67.0 Å². The minimum absolute atomic E-state index is 0.694. The molecule has 1 aliphatic heterocycles. The van der Waals surface area contributed by atoms with E-state index < -0.39 is 0 Å². The standard InChI is InChI=1S/C21H23N9/c1-15-13-16(2)24-21(23-15)29-10-4-9-28(11-12-29)19-7-6-18-25-26-20(30(18)27-19)17-5-3-8-22-14-17/h3,5-8,13-14H,4,9-12H2,1-2H3. The van der Waals surface area contributed by atoms with Gasteiger partial charge < -0.3 is 9.80 Å². The highest BCUT2D eigenvalue weighted by Crippen LogP contribution is 2.20. The lowest BCUT2D eigenvalue weighted by atomic mass is 10.3. The summed E-state index contributed by atoms with van der Waals surface area (Å²) in [5, 5.41) is 13.4. The van der Waals surface area contributed by atoms with Crippen LogP contribution >= 0.6 is 0 Å². The number of fused-ring (bicyclic) bond motifs is 1. The lowest BCUT2D eigenvalue weighted by molar-refractivity contribution is 0.773. The summed E-state index contributed by atoms with van der Waals surface area (Å²) in [6.07, 6.45) is 4.53. The van der Waals surface area contributed by atoms with Crippen LogP contribution in [0, 0.1) is 13.8 Å². The predicted molar refractivity (Wildman–Crippen MR) is 115 cm³/mol. The van der Waals surface area contributed by atoms with Crippen LogP contribution in [-0.4, -0.2) is 60.9 Å². The Bertz CT molecular complexity index is 1150. The van der Waals surface area contributed by atoms with Crippen molar-refractivity contribution < 1.29 is 0 Å². The highest BCUT2D eigenvalue weighted by atomic mass is 15.4. The Balaban J connectivity index is 1.40. The molecule has 0 atom stereocenters. The predicted octanol–water partition coefficient (Wildman–Crippen LogP) is 2.31. The fourth-order valence-electron chi connectivity index (χ4n) is 3.82. The van der Waals surface area contributed by atoms with E-state index in [1.165, 1.54) is 0 Å². The summed E-state index contributed by atoms with van der Waals surface area (Å²) in [6, 6.07) is 9.83. The van der Waals surface area contributed by atoms with Crippen LogP contribution in [0.2, 0.25) is 0 Å². The van der Waals surface area contributed by atoms with Crippen molar-refractivity contribution in [1.29, 1.82) is 0 Å². The highest BCUT2D eigenvalue weighted by Gasteiger charge is 2.20. The van der Waals surface area contributed by atoms with Crippen LogP contribution < -0.4 is 9.80 Å². The molecule has 1 saturated heterocycles. The molecule has 0 N–H and O–H groups in total. The number of hydrogen-bond acceptors (Lipinski definition) is 8. The molecule has 9 heteroatoms. The minimum atomic E-state index is 0.694. The number of anilines is 2. The molecule has 1 aliphatic rings. The maximum atomic E-state index is 4.84. The van der Waals surface area contributed by atoms with Gasteiger partial charge in [0.25, 0.3) is 0 Å². The van der Waals surface area contributed by atoms with Crippen LogP contribution in [0.25, 0.3) is 17.0 Å². The van der Waals surface area contributed by atoms with Gasteiger partial charge in [-0.1, -0.05) is 0 Å². The summed E-state index contributed by atoms with van der Waals surface area (Å²) < 4.78 is 1.79. The van der Waals surface area contributed by atoms with E-state index in [4.69, 9.17) is 5.10 Å². The maximum Gasteiger partial charge on any atom is 0.225 e. The molecule has 30 heavy (non-hydrogen) atoms. The third-order valence-corrected chi connectivity index (χ3v) is 5.24. The van der Waals surface area contributed by atoms with Gasteiger partial charge in [0.1, 0.15) is 5.82 Å². The molecule has 0 unspecified atom stereocenters. The Morgan fingerprint density at radius 3 is 2.47 bits per heavy atom. The first kappa shape index (κ1) is 18.4. The molecular weight excluding hydrogens is 378 g/mol. The zero-order valence-electron chi connectivity index (χ0n) is 17.1. The molecule has 0 bridgehead atoms. The second-order valence-corrected chi connectivity index (χ2v) is 7.51. The Morgan fingerprint density at radius 2 is 1.67 bits per heavy atom. The summed E-state index contributed by atoms with van der Waals surface area (Å²) in [4.78, 5) is 18.0. The average Bonchev–Trinajstić information content (AvgIpc) is 3.01. The zero-order chi connectivity index (χ0) is 20.5. The van der Waals surface area contributed by atoms with Gasteiger partial charge in [0, 0.05) is 55.5 Å². The fraction of sp³-hybridized carbons (Fsp3) is 0.333. The summed E-state index contributed by atoms with van der Waals surface area (Å²) in [6.45, 7) is 7.57. The monoisotopic (exact) mass is 401 g/mol. The van der Waals surface area contributed by atoms with Crippen LogP contribution in [0.5, 0.6) is 0 Å². The van der Waals surface area contributed by atoms with Gasteiger partial charge in [0.05, 0.1) is 0 Å². The summed E-state index contributed by atoms with van der Waals surface area (Å²) >= 11 is 0. The second-order valence-electron chi connectivity index (χ2n) is 7.51. The SMILES string of the molecule is Cc1cc(C)nc(N2CCCN(c3ccc4nnc(-c5cccnc5)n4n3)CC2)n1. The van der Waals surface area contributed by atoms with E-state index >= 15 is 0 Å². The van der Waals surface area contributed by atoms with Crippen molar-refractivity contribution in [1.82, 2.24) is 34.8 Å². The molecule has 5 rings (SSSR count). The van der Waals surface area contributed by atoms with Crippen molar-refractivity contribution in [2.24, 2.45) is 0 Å². The van der Waals surface area contributed by atoms with E-state index in [1.54, 1.807) is 16.9 Å². The topological polar surface area (TPSA) is 88.2 Å². The van der Waals surface area contributed by atoms with Crippen LogP contribution in [-0.2, 0) is 0 Å². The molecule has 0 radical (unpaired) electrons. The van der Waals surface area contributed by atoms with Gasteiger partial charge in [0.2, 0.25) is 5.95 Å². The summed E-state index contributed by atoms with van der Waals surface area (Å²) in [7, 11) is 0. The van der Waals surface area contributed by atoms with Gasteiger partial charge in [-0.25, -0.2) is 9.97 Å². The molecule has 0 saturated carbocycles. The van der Waals surface area contributed by atoms with Crippen LogP contribution in [0.4, 0.5) is 11.8 Å². The maximum absolute atomic E-state index is 4.84. The molecule has 0 aromatic carbocycles. The van der Waals surface area contributed by atoms with Crippen molar-refractivity contribution in [2.45, 2.75) is 20.3 Å². The third-order valence-electron chi connectivity index (χ3n) is 5.24. The number of aryl methyl sites for hydroxylation is 2. The lowest BCUT2D eigenvalue weighted by Crippen LogP contribution is -2.32. The smallest absolute Gasteiger partial charge is 0.225 e. The normalized spacial score (nSPS) is 14.9. The first-order chi connectivity index (χ1) is 14.7. The molecule has 9 nitrogen and oxygen atoms in total. The zero-order valence-corrected chi connectivity index (χ0v) is 17.1. The number of rotatable bonds is 3. The molecule has 0 amide bonds. The van der Waals surface area contributed by atoms with Crippen LogP contribution in [0.3, 0.4) is 0 Å². The van der Waals surface area contributed by atoms with E-state index in [1.807, 2.05) is 44.2 Å². The largest absolute Gasteiger partial charge is 0.353 e. The van der Waals surface area contributed by atoms with Crippen LogP contribution in [0.15, 0.2) is 42.7 Å². The number of hydrogen-bond donors (Lipinski definition) is 0. The Hall–Kier alpha value is -3.62. The molecule has 152 valence electrons. The van der Waals surface area contributed by atoms with E-state index in [9.17, 15) is 0 Å². The second kappa shape index (κ2) is 7.66.